The first-order valence-electron chi connectivity index (χ1n) is 4.30. The van der Waals surface area contributed by atoms with Gasteiger partial charge in [0.25, 0.3) is 0 Å². The molecule has 1 atom stereocenters. The minimum atomic E-state index is -0.0662. The maximum atomic E-state index is 13.2. The lowest BCUT2D eigenvalue weighted by Crippen LogP contribution is -2.09. The van der Waals surface area contributed by atoms with Crippen LogP contribution in [0.2, 0.25) is 0 Å². The molecule has 0 bridgehead atoms. The summed E-state index contributed by atoms with van der Waals surface area (Å²) < 4.78 is 13.2. The molecule has 0 radical (unpaired) electrons. The standard InChI is InChI=1S/C10H12FN/c11-10-3-1-2-8-7(6-12)4-5-9(8)10/h1-3,7H,4-6,12H2. The Balaban J connectivity index is 2.46. The van der Waals surface area contributed by atoms with Crippen molar-refractivity contribution in [3.05, 3.63) is 35.1 Å². The van der Waals surface area contributed by atoms with Gasteiger partial charge in [-0.3, -0.25) is 0 Å². The predicted molar refractivity (Wildman–Crippen MR) is 46.5 cm³/mol. The van der Waals surface area contributed by atoms with Gasteiger partial charge in [0.05, 0.1) is 0 Å². The Morgan fingerprint density at radius 1 is 1.50 bits per heavy atom. The summed E-state index contributed by atoms with van der Waals surface area (Å²) in [4.78, 5) is 0. The van der Waals surface area contributed by atoms with Gasteiger partial charge in [0.1, 0.15) is 5.82 Å². The second kappa shape index (κ2) is 2.87. The molecule has 2 N–H and O–H groups in total. The van der Waals surface area contributed by atoms with E-state index in [1.807, 2.05) is 6.07 Å². The average Bonchev–Trinajstić information content (AvgIpc) is 2.49. The van der Waals surface area contributed by atoms with E-state index in [0.29, 0.717) is 12.5 Å². The molecule has 0 aliphatic heterocycles. The van der Waals surface area contributed by atoms with Crippen LogP contribution in [0.25, 0.3) is 0 Å². The van der Waals surface area contributed by atoms with Gasteiger partial charge in [-0.05, 0) is 42.5 Å². The monoisotopic (exact) mass is 165 g/mol. The quantitative estimate of drug-likeness (QED) is 0.674. The Labute approximate surface area is 71.4 Å². The Morgan fingerprint density at radius 2 is 2.33 bits per heavy atom. The lowest BCUT2D eigenvalue weighted by atomic mass is 10.0. The van der Waals surface area contributed by atoms with Gasteiger partial charge in [-0.15, -0.1) is 0 Å². The Bertz CT molecular complexity index is 296. The molecular weight excluding hydrogens is 153 g/mol. The van der Waals surface area contributed by atoms with Gasteiger partial charge in [-0.2, -0.15) is 0 Å². The summed E-state index contributed by atoms with van der Waals surface area (Å²) in [7, 11) is 0. The smallest absolute Gasteiger partial charge is 0.126 e. The van der Waals surface area contributed by atoms with Crippen LogP contribution in [0.3, 0.4) is 0 Å². The van der Waals surface area contributed by atoms with E-state index in [1.165, 1.54) is 6.07 Å². The lowest BCUT2D eigenvalue weighted by molar-refractivity contribution is 0.612. The zero-order chi connectivity index (χ0) is 8.55. The maximum absolute atomic E-state index is 13.2. The first-order chi connectivity index (χ1) is 5.83. The van der Waals surface area contributed by atoms with Gasteiger partial charge in [0.15, 0.2) is 0 Å². The summed E-state index contributed by atoms with van der Waals surface area (Å²) in [6, 6.07) is 5.28. The van der Waals surface area contributed by atoms with Crippen LogP contribution in [0.1, 0.15) is 23.5 Å². The summed E-state index contributed by atoms with van der Waals surface area (Å²) in [5, 5.41) is 0. The fourth-order valence-electron chi connectivity index (χ4n) is 1.94. The van der Waals surface area contributed by atoms with Crippen molar-refractivity contribution in [1.82, 2.24) is 0 Å². The van der Waals surface area contributed by atoms with Crippen LogP contribution >= 0.6 is 0 Å². The average molecular weight is 165 g/mol. The normalized spacial score (nSPS) is 21.0. The van der Waals surface area contributed by atoms with Crippen molar-refractivity contribution in [3.8, 4) is 0 Å². The third-order valence-corrected chi connectivity index (χ3v) is 2.62. The zero-order valence-corrected chi connectivity index (χ0v) is 6.89. The number of benzene rings is 1. The van der Waals surface area contributed by atoms with Gasteiger partial charge in [0, 0.05) is 0 Å². The molecule has 1 aliphatic rings. The summed E-state index contributed by atoms with van der Waals surface area (Å²) in [6.45, 7) is 0.635. The minimum absolute atomic E-state index is 0.0662. The number of halogens is 1. The lowest BCUT2D eigenvalue weighted by Gasteiger charge is -2.07. The van der Waals surface area contributed by atoms with Crippen LogP contribution in [0.5, 0.6) is 0 Å². The highest BCUT2D eigenvalue weighted by Gasteiger charge is 2.22. The number of hydrogen-bond acceptors (Lipinski definition) is 1. The third-order valence-electron chi connectivity index (χ3n) is 2.62. The number of nitrogens with two attached hydrogens (primary N) is 1. The molecule has 2 rings (SSSR count). The highest BCUT2D eigenvalue weighted by molar-refractivity contribution is 5.36. The van der Waals surface area contributed by atoms with Gasteiger partial charge in [0.2, 0.25) is 0 Å². The van der Waals surface area contributed by atoms with Crippen molar-refractivity contribution in [2.24, 2.45) is 5.73 Å². The molecule has 0 saturated carbocycles. The second-order valence-electron chi connectivity index (χ2n) is 3.28. The van der Waals surface area contributed by atoms with E-state index in [2.05, 4.69) is 0 Å². The molecule has 0 fully saturated rings. The summed E-state index contributed by atoms with van der Waals surface area (Å²) in [6.07, 6.45) is 1.86. The summed E-state index contributed by atoms with van der Waals surface area (Å²) >= 11 is 0. The molecule has 0 spiro atoms. The largest absolute Gasteiger partial charge is 0.330 e. The van der Waals surface area contributed by atoms with Crippen LogP contribution in [0.15, 0.2) is 18.2 Å². The Hall–Kier alpha value is -0.890. The molecule has 1 aliphatic carbocycles. The van der Waals surface area contributed by atoms with Crippen molar-refractivity contribution < 1.29 is 4.39 Å². The molecule has 0 amide bonds. The van der Waals surface area contributed by atoms with E-state index in [4.69, 9.17) is 5.73 Å². The predicted octanol–water partition coefficient (Wildman–Crippen LogP) is 1.81. The second-order valence-corrected chi connectivity index (χ2v) is 3.28. The Morgan fingerprint density at radius 3 is 3.08 bits per heavy atom. The van der Waals surface area contributed by atoms with E-state index in [9.17, 15) is 4.39 Å². The van der Waals surface area contributed by atoms with Gasteiger partial charge >= 0.3 is 0 Å². The molecule has 1 unspecified atom stereocenters. The highest BCUT2D eigenvalue weighted by Crippen LogP contribution is 2.33. The fraction of sp³-hybridized carbons (Fsp3) is 0.400. The van der Waals surface area contributed by atoms with E-state index < -0.39 is 0 Å². The highest BCUT2D eigenvalue weighted by atomic mass is 19.1. The molecule has 2 heteroatoms. The van der Waals surface area contributed by atoms with Gasteiger partial charge < -0.3 is 5.73 Å². The van der Waals surface area contributed by atoms with Gasteiger partial charge in [-0.1, -0.05) is 12.1 Å². The molecule has 0 saturated heterocycles. The van der Waals surface area contributed by atoms with E-state index in [-0.39, 0.29) is 5.82 Å². The molecule has 12 heavy (non-hydrogen) atoms. The van der Waals surface area contributed by atoms with E-state index >= 15 is 0 Å². The first-order valence-corrected chi connectivity index (χ1v) is 4.30. The Kier molecular flexibility index (Phi) is 1.85. The van der Waals surface area contributed by atoms with Gasteiger partial charge in [-0.25, -0.2) is 4.39 Å². The van der Waals surface area contributed by atoms with Crippen LogP contribution in [0, 0.1) is 5.82 Å². The van der Waals surface area contributed by atoms with Crippen molar-refractivity contribution in [3.63, 3.8) is 0 Å². The molecule has 1 nitrogen and oxygen atoms in total. The molecule has 0 aromatic heterocycles. The number of rotatable bonds is 1. The molecule has 64 valence electrons. The number of hydrogen-bond donors (Lipinski definition) is 1. The topological polar surface area (TPSA) is 26.0 Å². The summed E-state index contributed by atoms with van der Waals surface area (Å²) in [5.41, 5.74) is 7.58. The van der Waals surface area contributed by atoms with Crippen molar-refractivity contribution in [1.29, 1.82) is 0 Å². The van der Waals surface area contributed by atoms with Crippen molar-refractivity contribution in [2.45, 2.75) is 18.8 Å². The summed E-state index contributed by atoms with van der Waals surface area (Å²) in [5.74, 6) is 0.319. The molecule has 1 aromatic carbocycles. The van der Waals surface area contributed by atoms with E-state index in [1.54, 1.807) is 6.07 Å². The number of fused-ring (bicyclic) bond motifs is 1. The van der Waals surface area contributed by atoms with Crippen LogP contribution in [-0.4, -0.2) is 6.54 Å². The molecule has 0 heterocycles. The van der Waals surface area contributed by atoms with Crippen molar-refractivity contribution >= 4 is 0 Å². The molecular formula is C10H12FN. The maximum Gasteiger partial charge on any atom is 0.126 e. The van der Waals surface area contributed by atoms with E-state index in [0.717, 1.165) is 24.0 Å². The molecule has 1 aromatic rings. The van der Waals surface area contributed by atoms with Crippen LogP contribution in [0.4, 0.5) is 4.39 Å². The fourth-order valence-corrected chi connectivity index (χ4v) is 1.94. The SMILES string of the molecule is NCC1CCc2c(F)cccc21. The van der Waals surface area contributed by atoms with Crippen LogP contribution in [-0.2, 0) is 6.42 Å². The van der Waals surface area contributed by atoms with Crippen LogP contribution < -0.4 is 5.73 Å². The van der Waals surface area contributed by atoms with Crippen molar-refractivity contribution in [2.75, 3.05) is 6.54 Å². The minimum Gasteiger partial charge on any atom is -0.330 e. The first kappa shape index (κ1) is 7.74. The third kappa shape index (κ3) is 1.03. The zero-order valence-electron chi connectivity index (χ0n) is 6.89.